The van der Waals surface area contributed by atoms with Gasteiger partial charge in [-0.25, -0.2) is 19.4 Å². The van der Waals surface area contributed by atoms with E-state index in [1.54, 1.807) is 30.3 Å². The zero-order valence-corrected chi connectivity index (χ0v) is 11.0. The summed E-state index contributed by atoms with van der Waals surface area (Å²) in [5.74, 6) is -1.32. The minimum Gasteiger partial charge on any atom is -0.403 e. The topological polar surface area (TPSA) is 86.5 Å². The highest BCUT2D eigenvalue weighted by Gasteiger charge is 2.30. The van der Waals surface area contributed by atoms with Crippen LogP contribution in [-0.2, 0) is 4.74 Å². The lowest BCUT2D eigenvalue weighted by Crippen LogP contribution is -2.03. The number of para-hydroxylation sites is 1. The first kappa shape index (κ1) is 12.5. The average Bonchev–Trinajstić information content (AvgIpc) is 2.81. The summed E-state index contributed by atoms with van der Waals surface area (Å²) >= 11 is 0. The fraction of sp³-hybridized carbons (Fsp3) is 0. The maximum atomic E-state index is 12.0. The standard InChI is InChI=1S/C16H7NO5/c18-14-9-6-5-8(7-11(9)16(20)22-14)13-17-12-4-2-1-3-10(12)15(19)21-13/h1-7H. The van der Waals surface area contributed by atoms with Crippen molar-refractivity contribution in [3.63, 3.8) is 0 Å². The molecule has 0 amide bonds. The number of cyclic esters (lactones) is 2. The molecule has 0 saturated heterocycles. The summed E-state index contributed by atoms with van der Waals surface area (Å²) in [6.45, 7) is 0. The lowest BCUT2D eigenvalue weighted by Gasteiger charge is -2.02. The number of carbonyl (C=O) groups excluding carboxylic acids is 2. The van der Waals surface area contributed by atoms with E-state index in [0.717, 1.165) is 0 Å². The first-order chi connectivity index (χ1) is 10.6. The Morgan fingerprint density at radius 3 is 2.50 bits per heavy atom. The van der Waals surface area contributed by atoms with Crippen molar-refractivity contribution in [2.24, 2.45) is 0 Å². The smallest absolute Gasteiger partial charge is 0.347 e. The van der Waals surface area contributed by atoms with Gasteiger partial charge < -0.3 is 9.15 Å². The van der Waals surface area contributed by atoms with Crippen molar-refractivity contribution in [3.05, 3.63) is 64.0 Å². The molecule has 0 radical (unpaired) electrons. The van der Waals surface area contributed by atoms with Crippen LogP contribution < -0.4 is 5.63 Å². The van der Waals surface area contributed by atoms with Gasteiger partial charge in [-0.05, 0) is 30.3 Å². The molecule has 22 heavy (non-hydrogen) atoms. The number of benzene rings is 2. The third kappa shape index (κ3) is 1.74. The molecule has 1 aromatic heterocycles. The van der Waals surface area contributed by atoms with Crippen LogP contribution in [0.3, 0.4) is 0 Å². The van der Waals surface area contributed by atoms with Crippen LogP contribution >= 0.6 is 0 Å². The van der Waals surface area contributed by atoms with Gasteiger partial charge in [-0.3, -0.25) is 0 Å². The molecule has 106 valence electrons. The normalized spacial score (nSPS) is 13.3. The molecular formula is C16H7NO5. The first-order valence-corrected chi connectivity index (χ1v) is 6.44. The highest BCUT2D eigenvalue weighted by Crippen LogP contribution is 2.26. The van der Waals surface area contributed by atoms with Crippen LogP contribution in [0.15, 0.2) is 51.7 Å². The summed E-state index contributed by atoms with van der Waals surface area (Å²) in [4.78, 5) is 39.2. The molecule has 6 nitrogen and oxygen atoms in total. The van der Waals surface area contributed by atoms with Gasteiger partial charge in [-0.1, -0.05) is 12.1 Å². The Bertz CT molecular complexity index is 1020. The molecule has 1 aliphatic heterocycles. The zero-order chi connectivity index (χ0) is 15.3. The number of aromatic nitrogens is 1. The summed E-state index contributed by atoms with van der Waals surface area (Å²) in [5.41, 5.74) is 0.734. The van der Waals surface area contributed by atoms with E-state index < -0.39 is 17.6 Å². The fourth-order valence-electron chi connectivity index (χ4n) is 2.36. The quantitative estimate of drug-likeness (QED) is 0.505. The highest BCUT2D eigenvalue weighted by molar-refractivity contribution is 6.15. The molecule has 0 aliphatic carbocycles. The summed E-state index contributed by atoms with van der Waals surface area (Å²) < 4.78 is 9.72. The van der Waals surface area contributed by atoms with Gasteiger partial charge >= 0.3 is 17.6 Å². The van der Waals surface area contributed by atoms with Crippen LogP contribution in [0.2, 0.25) is 0 Å². The number of rotatable bonds is 1. The molecule has 0 unspecified atom stereocenters. The van der Waals surface area contributed by atoms with E-state index in [9.17, 15) is 14.4 Å². The third-order valence-corrected chi connectivity index (χ3v) is 3.43. The second kappa shape index (κ2) is 4.36. The predicted octanol–water partition coefficient (Wildman–Crippen LogP) is 2.17. The molecule has 6 heteroatoms. The Balaban J connectivity index is 1.93. The van der Waals surface area contributed by atoms with Crippen LogP contribution in [-0.4, -0.2) is 16.9 Å². The summed E-state index contributed by atoms with van der Waals surface area (Å²) in [7, 11) is 0. The lowest BCUT2D eigenvalue weighted by atomic mass is 10.1. The van der Waals surface area contributed by atoms with Crippen LogP contribution in [0.25, 0.3) is 22.4 Å². The SMILES string of the molecule is O=C1OC(=O)c2cc(-c3nc4ccccc4c(=O)o3)ccc21. The van der Waals surface area contributed by atoms with Crippen molar-refractivity contribution in [2.75, 3.05) is 0 Å². The first-order valence-electron chi connectivity index (χ1n) is 6.44. The van der Waals surface area contributed by atoms with E-state index in [-0.39, 0.29) is 17.0 Å². The monoisotopic (exact) mass is 293 g/mol. The Morgan fingerprint density at radius 2 is 1.64 bits per heavy atom. The van der Waals surface area contributed by atoms with Gasteiger partial charge in [0, 0.05) is 5.56 Å². The van der Waals surface area contributed by atoms with E-state index in [4.69, 9.17) is 4.42 Å². The molecule has 3 aromatic rings. The van der Waals surface area contributed by atoms with E-state index in [2.05, 4.69) is 9.72 Å². The number of hydrogen-bond acceptors (Lipinski definition) is 6. The minimum atomic E-state index is -0.718. The summed E-state index contributed by atoms with van der Waals surface area (Å²) in [5, 5.41) is 0.377. The molecule has 4 rings (SSSR count). The van der Waals surface area contributed by atoms with Gasteiger partial charge in [0.05, 0.1) is 22.0 Å². The number of fused-ring (bicyclic) bond motifs is 2. The minimum absolute atomic E-state index is 0.0821. The molecule has 0 spiro atoms. The van der Waals surface area contributed by atoms with Gasteiger partial charge in [0.2, 0.25) is 5.89 Å². The van der Waals surface area contributed by atoms with Gasteiger partial charge in [0.1, 0.15) is 0 Å². The molecule has 0 atom stereocenters. The second-order valence-corrected chi connectivity index (χ2v) is 4.76. The Morgan fingerprint density at radius 1 is 0.864 bits per heavy atom. The molecule has 0 fully saturated rings. The second-order valence-electron chi connectivity index (χ2n) is 4.76. The maximum Gasteiger partial charge on any atom is 0.347 e. The fourth-order valence-corrected chi connectivity index (χ4v) is 2.36. The predicted molar refractivity (Wildman–Crippen MR) is 75.5 cm³/mol. The van der Waals surface area contributed by atoms with E-state index in [0.29, 0.717) is 16.5 Å². The molecule has 2 heterocycles. The number of esters is 2. The number of hydrogen-bond donors (Lipinski definition) is 0. The molecule has 1 aliphatic rings. The number of nitrogens with zero attached hydrogens (tertiary/aromatic N) is 1. The van der Waals surface area contributed by atoms with Crippen molar-refractivity contribution in [2.45, 2.75) is 0 Å². The van der Waals surface area contributed by atoms with Crippen LogP contribution in [0.5, 0.6) is 0 Å². The van der Waals surface area contributed by atoms with Gasteiger partial charge in [-0.15, -0.1) is 0 Å². The van der Waals surface area contributed by atoms with Gasteiger partial charge in [-0.2, -0.15) is 0 Å². The number of carbonyl (C=O) groups is 2. The molecule has 2 aromatic carbocycles. The highest BCUT2D eigenvalue weighted by atomic mass is 16.6. The van der Waals surface area contributed by atoms with Gasteiger partial charge in [0.25, 0.3) is 0 Å². The van der Waals surface area contributed by atoms with Crippen LogP contribution in [0.1, 0.15) is 20.7 Å². The van der Waals surface area contributed by atoms with Gasteiger partial charge in [0.15, 0.2) is 0 Å². The molecular weight excluding hydrogens is 286 g/mol. The lowest BCUT2D eigenvalue weighted by molar-refractivity contribution is 0.0444. The Labute approximate surface area is 123 Å². The van der Waals surface area contributed by atoms with Crippen molar-refractivity contribution in [1.29, 1.82) is 0 Å². The molecule has 0 bridgehead atoms. The zero-order valence-electron chi connectivity index (χ0n) is 11.0. The van der Waals surface area contributed by atoms with Crippen molar-refractivity contribution in [1.82, 2.24) is 4.98 Å². The van der Waals surface area contributed by atoms with Crippen LogP contribution in [0, 0.1) is 0 Å². The average molecular weight is 293 g/mol. The molecule has 0 N–H and O–H groups in total. The maximum absolute atomic E-state index is 12.0. The molecule has 0 saturated carbocycles. The van der Waals surface area contributed by atoms with Crippen LogP contribution in [0.4, 0.5) is 0 Å². The largest absolute Gasteiger partial charge is 0.403 e. The van der Waals surface area contributed by atoms with E-state index in [1.165, 1.54) is 12.1 Å². The van der Waals surface area contributed by atoms with E-state index >= 15 is 0 Å². The van der Waals surface area contributed by atoms with Crippen molar-refractivity contribution >= 4 is 22.8 Å². The Kier molecular flexibility index (Phi) is 2.47. The van der Waals surface area contributed by atoms with Crippen molar-refractivity contribution < 1.29 is 18.7 Å². The van der Waals surface area contributed by atoms with E-state index in [1.807, 2.05) is 0 Å². The number of ether oxygens (including phenoxy) is 1. The summed E-state index contributed by atoms with van der Waals surface area (Å²) in [6, 6.07) is 11.2. The Hall–Kier alpha value is -3.28. The third-order valence-electron chi connectivity index (χ3n) is 3.43. The summed E-state index contributed by atoms with van der Waals surface area (Å²) in [6.07, 6.45) is 0. The van der Waals surface area contributed by atoms with Crippen molar-refractivity contribution in [3.8, 4) is 11.5 Å².